The van der Waals surface area contributed by atoms with Gasteiger partial charge in [-0.25, -0.2) is 4.39 Å². The van der Waals surface area contributed by atoms with Crippen molar-refractivity contribution in [3.05, 3.63) is 63.9 Å². The summed E-state index contributed by atoms with van der Waals surface area (Å²) in [5.74, 6) is -0.261. The minimum absolute atomic E-state index is 0.0924. The maximum Gasteiger partial charge on any atom is 0.123 e. The number of benzene rings is 2. The second-order valence-corrected chi connectivity index (χ2v) is 5.52. The topological polar surface area (TPSA) is 29.3 Å². The summed E-state index contributed by atoms with van der Waals surface area (Å²) in [6.07, 6.45) is 0. The third-order valence-corrected chi connectivity index (χ3v) is 3.98. The molecule has 0 aliphatic carbocycles. The third kappa shape index (κ3) is 3.67. The lowest BCUT2D eigenvalue weighted by Crippen LogP contribution is -2.33. The highest BCUT2D eigenvalue weighted by Gasteiger charge is 2.20. The first-order chi connectivity index (χ1) is 10.1. The van der Waals surface area contributed by atoms with E-state index in [4.69, 9.17) is 28.9 Å². The molecule has 2 rings (SSSR count). The van der Waals surface area contributed by atoms with Gasteiger partial charge < -0.3 is 10.6 Å². The van der Waals surface area contributed by atoms with Crippen molar-refractivity contribution in [3.63, 3.8) is 0 Å². The van der Waals surface area contributed by atoms with Gasteiger partial charge in [0.25, 0.3) is 0 Å². The van der Waals surface area contributed by atoms with E-state index in [1.54, 1.807) is 24.3 Å². The summed E-state index contributed by atoms with van der Waals surface area (Å²) in [6, 6.07) is 11.7. The Morgan fingerprint density at radius 2 is 1.81 bits per heavy atom. The van der Waals surface area contributed by atoms with E-state index in [9.17, 15) is 4.39 Å². The van der Waals surface area contributed by atoms with Gasteiger partial charge in [-0.05, 0) is 48.9 Å². The van der Waals surface area contributed by atoms with E-state index in [1.807, 2.05) is 13.0 Å². The molecule has 0 radical (unpaired) electrons. The largest absolute Gasteiger partial charge is 0.363 e. The van der Waals surface area contributed by atoms with Gasteiger partial charge in [0, 0.05) is 28.8 Å². The molecule has 0 bridgehead atoms. The molecule has 2 aromatic carbocycles. The number of likely N-dealkylation sites (N-methyl/N-ethyl adjacent to an activating group) is 1. The Morgan fingerprint density at radius 1 is 1.14 bits per heavy atom. The molecule has 1 atom stereocenters. The summed E-state index contributed by atoms with van der Waals surface area (Å²) in [5.41, 5.74) is 7.76. The molecule has 21 heavy (non-hydrogen) atoms. The normalized spacial score (nSPS) is 12.2. The summed E-state index contributed by atoms with van der Waals surface area (Å²) in [6.45, 7) is 3.15. The second kappa shape index (κ2) is 7.12. The number of anilines is 1. The SMILES string of the molecule is CCN(c1ccc(F)cc1)C(CN)c1ccc(Cl)cc1Cl. The van der Waals surface area contributed by atoms with E-state index in [0.717, 1.165) is 17.8 Å². The molecule has 2 nitrogen and oxygen atoms in total. The second-order valence-electron chi connectivity index (χ2n) is 4.68. The Morgan fingerprint density at radius 3 is 2.33 bits per heavy atom. The first kappa shape index (κ1) is 16.1. The van der Waals surface area contributed by atoms with E-state index in [1.165, 1.54) is 12.1 Å². The van der Waals surface area contributed by atoms with Crippen LogP contribution in [0.15, 0.2) is 42.5 Å². The smallest absolute Gasteiger partial charge is 0.123 e. The zero-order valence-electron chi connectivity index (χ0n) is 11.7. The van der Waals surface area contributed by atoms with Crippen molar-refractivity contribution in [3.8, 4) is 0 Å². The molecular weight excluding hydrogens is 310 g/mol. The molecule has 0 amide bonds. The number of hydrogen-bond donors (Lipinski definition) is 1. The summed E-state index contributed by atoms with van der Waals surface area (Å²) >= 11 is 12.2. The fourth-order valence-corrected chi connectivity index (χ4v) is 2.94. The Bertz CT molecular complexity index is 602. The molecule has 2 aromatic rings. The number of hydrogen-bond acceptors (Lipinski definition) is 2. The van der Waals surface area contributed by atoms with Gasteiger partial charge in [-0.3, -0.25) is 0 Å². The number of nitrogens with zero attached hydrogens (tertiary/aromatic N) is 1. The van der Waals surface area contributed by atoms with Gasteiger partial charge in [-0.15, -0.1) is 0 Å². The standard InChI is InChI=1S/C16H17Cl2FN2/c1-2-21(13-6-4-12(19)5-7-13)16(10-20)14-8-3-11(17)9-15(14)18/h3-9,16H,2,10,20H2,1H3. The van der Waals surface area contributed by atoms with E-state index in [2.05, 4.69) is 4.90 Å². The molecule has 1 unspecified atom stereocenters. The van der Waals surface area contributed by atoms with Crippen LogP contribution in [0.25, 0.3) is 0 Å². The third-order valence-electron chi connectivity index (χ3n) is 3.42. The van der Waals surface area contributed by atoms with Crippen molar-refractivity contribution in [2.45, 2.75) is 13.0 Å². The van der Waals surface area contributed by atoms with Gasteiger partial charge in [-0.2, -0.15) is 0 Å². The fraction of sp³-hybridized carbons (Fsp3) is 0.250. The van der Waals surface area contributed by atoms with Crippen LogP contribution < -0.4 is 10.6 Å². The Kier molecular flexibility index (Phi) is 5.45. The molecule has 0 aromatic heterocycles. The fourth-order valence-electron chi connectivity index (χ4n) is 2.41. The molecule has 112 valence electrons. The van der Waals surface area contributed by atoms with Gasteiger partial charge in [-0.1, -0.05) is 29.3 Å². The monoisotopic (exact) mass is 326 g/mol. The number of nitrogens with two attached hydrogens (primary N) is 1. The van der Waals surface area contributed by atoms with Crippen molar-refractivity contribution in [1.29, 1.82) is 0 Å². The van der Waals surface area contributed by atoms with E-state index < -0.39 is 0 Å². The minimum atomic E-state index is -0.261. The van der Waals surface area contributed by atoms with Gasteiger partial charge >= 0.3 is 0 Å². The van der Waals surface area contributed by atoms with Gasteiger partial charge in [0.1, 0.15) is 5.82 Å². The minimum Gasteiger partial charge on any atom is -0.363 e. The highest BCUT2D eigenvalue weighted by Crippen LogP contribution is 2.32. The molecule has 2 N–H and O–H groups in total. The summed E-state index contributed by atoms with van der Waals surface area (Å²) in [4.78, 5) is 2.09. The lowest BCUT2D eigenvalue weighted by molar-refractivity contribution is 0.622. The zero-order valence-corrected chi connectivity index (χ0v) is 13.2. The highest BCUT2D eigenvalue weighted by atomic mass is 35.5. The average molecular weight is 327 g/mol. The first-order valence-electron chi connectivity index (χ1n) is 6.74. The van der Waals surface area contributed by atoms with Crippen LogP contribution in [-0.4, -0.2) is 13.1 Å². The van der Waals surface area contributed by atoms with E-state index >= 15 is 0 Å². The molecule has 0 saturated heterocycles. The average Bonchev–Trinajstić information content (AvgIpc) is 2.47. The molecular formula is C16H17Cl2FN2. The number of halogens is 3. The molecule has 0 saturated carbocycles. The van der Waals surface area contributed by atoms with Crippen molar-refractivity contribution >= 4 is 28.9 Å². The molecule has 0 heterocycles. The van der Waals surface area contributed by atoms with Gasteiger partial charge in [0.05, 0.1) is 6.04 Å². The zero-order chi connectivity index (χ0) is 15.4. The van der Waals surface area contributed by atoms with Gasteiger partial charge in [0.15, 0.2) is 0 Å². The molecule has 0 aliphatic rings. The molecule has 0 spiro atoms. The van der Waals surface area contributed by atoms with Gasteiger partial charge in [0.2, 0.25) is 0 Å². The molecule has 0 fully saturated rings. The van der Waals surface area contributed by atoms with Crippen molar-refractivity contribution in [2.24, 2.45) is 5.73 Å². The van der Waals surface area contributed by atoms with Crippen LogP contribution in [0.1, 0.15) is 18.5 Å². The molecule has 5 heteroatoms. The Balaban J connectivity index is 2.39. The van der Waals surface area contributed by atoms with Crippen LogP contribution in [-0.2, 0) is 0 Å². The van der Waals surface area contributed by atoms with Crippen LogP contribution in [0.3, 0.4) is 0 Å². The number of rotatable bonds is 5. The Labute approximate surface area is 134 Å². The lowest BCUT2D eigenvalue weighted by atomic mass is 10.0. The summed E-state index contributed by atoms with van der Waals surface area (Å²) in [7, 11) is 0. The maximum absolute atomic E-state index is 13.1. The quantitative estimate of drug-likeness (QED) is 0.865. The summed E-state index contributed by atoms with van der Waals surface area (Å²) in [5, 5.41) is 1.17. The van der Waals surface area contributed by atoms with Crippen LogP contribution >= 0.6 is 23.2 Å². The van der Waals surface area contributed by atoms with Crippen molar-refractivity contribution in [2.75, 3.05) is 18.0 Å². The highest BCUT2D eigenvalue weighted by molar-refractivity contribution is 6.35. The van der Waals surface area contributed by atoms with Crippen LogP contribution in [0, 0.1) is 5.82 Å². The summed E-state index contributed by atoms with van der Waals surface area (Å²) < 4.78 is 13.1. The molecule has 0 aliphatic heterocycles. The predicted octanol–water partition coefficient (Wildman–Crippen LogP) is 4.66. The predicted molar refractivity (Wildman–Crippen MR) is 87.7 cm³/mol. The maximum atomic E-state index is 13.1. The van der Waals surface area contributed by atoms with Crippen LogP contribution in [0.5, 0.6) is 0 Å². The van der Waals surface area contributed by atoms with Crippen LogP contribution in [0.2, 0.25) is 10.0 Å². The van der Waals surface area contributed by atoms with Crippen molar-refractivity contribution in [1.82, 2.24) is 0 Å². The Hall–Kier alpha value is -1.29. The van der Waals surface area contributed by atoms with E-state index in [0.29, 0.717) is 16.6 Å². The first-order valence-corrected chi connectivity index (χ1v) is 7.49. The van der Waals surface area contributed by atoms with Crippen molar-refractivity contribution < 1.29 is 4.39 Å². The van der Waals surface area contributed by atoms with E-state index in [-0.39, 0.29) is 11.9 Å². The lowest BCUT2D eigenvalue weighted by Gasteiger charge is -2.33. The van der Waals surface area contributed by atoms with Crippen LogP contribution in [0.4, 0.5) is 10.1 Å².